The van der Waals surface area contributed by atoms with Crippen LogP contribution in [0.5, 0.6) is 0 Å². The van der Waals surface area contributed by atoms with Crippen LogP contribution in [0.15, 0.2) is 12.1 Å². The molecular formula is C15H23F3N4O. The molecule has 0 spiro atoms. The zero-order valence-corrected chi connectivity index (χ0v) is 13.6. The molecule has 0 saturated carbocycles. The molecule has 2 N–H and O–H groups in total. The Balaban J connectivity index is 1.73. The summed E-state index contributed by atoms with van der Waals surface area (Å²) in [5, 5.41) is 20.0. The summed E-state index contributed by atoms with van der Waals surface area (Å²) in [4.78, 5) is 2.03. The topological polar surface area (TPSA) is 61.3 Å². The van der Waals surface area contributed by atoms with E-state index in [-0.39, 0.29) is 11.3 Å². The molecule has 0 radical (unpaired) electrons. The Morgan fingerprint density at radius 2 is 1.91 bits per heavy atom. The SMILES string of the molecule is CC(C)(C)c1ccc(N2CC(CNCC(O)C(F)(F)F)C2)nn1. The lowest BCUT2D eigenvalue weighted by Crippen LogP contribution is -2.52. The van der Waals surface area contributed by atoms with Gasteiger partial charge in [-0.2, -0.15) is 18.3 Å². The van der Waals surface area contributed by atoms with Crippen LogP contribution in [-0.2, 0) is 5.41 Å². The van der Waals surface area contributed by atoms with Crippen LogP contribution >= 0.6 is 0 Å². The van der Waals surface area contributed by atoms with Gasteiger partial charge in [-0.3, -0.25) is 0 Å². The molecule has 1 aliphatic rings. The first kappa shape index (κ1) is 17.9. The molecule has 1 atom stereocenters. The highest BCUT2D eigenvalue weighted by Crippen LogP contribution is 2.25. The molecule has 0 aliphatic carbocycles. The first-order valence-corrected chi connectivity index (χ1v) is 7.62. The van der Waals surface area contributed by atoms with Crippen LogP contribution in [0.1, 0.15) is 26.5 Å². The Hall–Kier alpha value is -1.41. The number of alkyl halides is 3. The number of hydrogen-bond donors (Lipinski definition) is 2. The van der Waals surface area contributed by atoms with Crippen molar-refractivity contribution in [3.05, 3.63) is 17.8 Å². The number of aliphatic hydroxyl groups is 1. The van der Waals surface area contributed by atoms with Crippen LogP contribution < -0.4 is 10.2 Å². The first-order chi connectivity index (χ1) is 10.6. The van der Waals surface area contributed by atoms with E-state index in [0.29, 0.717) is 6.54 Å². The molecule has 1 aromatic rings. The molecule has 2 heterocycles. The molecule has 1 saturated heterocycles. The van der Waals surface area contributed by atoms with Crippen molar-refractivity contribution in [2.24, 2.45) is 5.92 Å². The van der Waals surface area contributed by atoms with Crippen LogP contribution in [0.25, 0.3) is 0 Å². The largest absolute Gasteiger partial charge is 0.415 e. The van der Waals surface area contributed by atoms with Crippen molar-refractivity contribution in [3.8, 4) is 0 Å². The van der Waals surface area contributed by atoms with Crippen molar-refractivity contribution in [1.82, 2.24) is 15.5 Å². The van der Waals surface area contributed by atoms with Gasteiger partial charge in [-0.05, 0) is 12.1 Å². The highest BCUT2D eigenvalue weighted by atomic mass is 19.4. The Kier molecular flexibility index (Phi) is 5.15. The van der Waals surface area contributed by atoms with Crippen molar-refractivity contribution < 1.29 is 18.3 Å². The third kappa shape index (κ3) is 4.78. The molecule has 8 heteroatoms. The third-order valence-corrected chi connectivity index (χ3v) is 3.85. The number of nitrogens with one attached hydrogen (secondary N) is 1. The van der Waals surface area contributed by atoms with Crippen molar-refractivity contribution in [2.75, 3.05) is 31.1 Å². The number of hydrogen-bond acceptors (Lipinski definition) is 5. The Bertz CT molecular complexity index is 507. The first-order valence-electron chi connectivity index (χ1n) is 7.62. The van der Waals surface area contributed by atoms with E-state index in [4.69, 9.17) is 5.11 Å². The molecule has 23 heavy (non-hydrogen) atoms. The Labute approximate surface area is 133 Å². The van der Waals surface area contributed by atoms with Gasteiger partial charge < -0.3 is 15.3 Å². The number of nitrogens with zero attached hydrogens (tertiary/aromatic N) is 3. The standard InChI is InChI=1S/C15H23F3N4O/c1-14(2,3)11-4-5-13(21-20-11)22-8-10(9-22)6-19-7-12(23)15(16,17)18/h4-5,10,12,19,23H,6-9H2,1-3H3. The average Bonchev–Trinajstić information content (AvgIpc) is 2.39. The number of halogens is 3. The van der Waals surface area contributed by atoms with Crippen molar-refractivity contribution in [2.45, 2.75) is 38.5 Å². The van der Waals surface area contributed by atoms with E-state index in [9.17, 15) is 13.2 Å². The van der Waals surface area contributed by atoms with Crippen LogP contribution in [0.4, 0.5) is 19.0 Å². The van der Waals surface area contributed by atoms with Gasteiger partial charge in [-0.1, -0.05) is 20.8 Å². The van der Waals surface area contributed by atoms with Crippen molar-refractivity contribution in [3.63, 3.8) is 0 Å². The number of aliphatic hydroxyl groups excluding tert-OH is 1. The predicted octanol–water partition coefficient (Wildman–Crippen LogP) is 1.72. The molecule has 5 nitrogen and oxygen atoms in total. The average molecular weight is 332 g/mol. The zero-order valence-electron chi connectivity index (χ0n) is 13.6. The fourth-order valence-electron chi connectivity index (χ4n) is 2.32. The second-order valence-electron chi connectivity index (χ2n) is 7.01. The summed E-state index contributed by atoms with van der Waals surface area (Å²) in [6.45, 7) is 7.61. The van der Waals surface area contributed by atoms with Crippen LogP contribution in [0, 0.1) is 5.92 Å². The smallest absolute Gasteiger partial charge is 0.382 e. The van der Waals surface area contributed by atoms with E-state index >= 15 is 0 Å². The second-order valence-corrected chi connectivity index (χ2v) is 7.01. The summed E-state index contributed by atoms with van der Waals surface area (Å²) in [6.07, 6.45) is -6.88. The number of aromatic nitrogens is 2. The predicted molar refractivity (Wildman–Crippen MR) is 81.4 cm³/mol. The lowest BCUT2D eigenvalue weighted by molar-refractivity contribution is -0.201. The summed E-state index contributed by atoms with van der Waals surface area (Å²) >= 11 is 0. The Morgan fingerprint density at radius 1 is 1.26 bits per heavy atom. The third-order valence-electron chi connectivity index (χ3n) is 3.85. The van der Waals surface area contributed by atoms with Crippen molar-refractivity contribution >= 4 is 5.82 Å². The summed E-state index contributed by atoms with van der Waals surface area (Å²) in [7, 11) is 0. The van der Waals surface area contributed by atoms with E-state index < -0.39 is 18.8 Å². The molecule has 0 bridgehead atoms. The summed E-state index contributed by atoms with van der Waals surface area (Å²) in [5.41, 5.74) is 0.868. The van der Waals surface area contributed by atoms with Crippen LogP contribution in [-0.4, -0.2) is 53.8 Å². The molecule has 1 fully saturated rings. The molecule has 0 amide bonds. The summed E-state index contributed by atoms with van der Waals surface area (Å²) < 4.78 is 36.5. The summed E-state index contributed by atoms with van der Waals surface area (Å²) in [6, 6.07) is 3.87. The normalized spacial score (nSPS) is 18.0. The molecular weight excluding hydrogens is 309 g/mol. The quantitative estimate of drug-likeness (QED) is 0.860. The maximum Gasteiger partial charge on any atom is 0.415 e. The molecule has 2 rings (SSSR count). The van der Waals surface area contributed by atoms with Gasteiger partial charge in [0, 0.05) is 37.5 Å². The van der Waals surface area contributed by atoms with Gasteiger partial charge >= 0.3 is 6.18 Å². The van der Waals surface area contributed by atoms with Gasteiger partial charge in [-0.15, -0.1) is 5.10 Å². The monoisotopic (exact) mass is 332 g/mol. The van der Waals surface area contributed by atoms with Gasteiger partial charge in [0.05, 0.1) is 5.69 Å². The molecule has 0 aromatic carbocycles. The zero-order chi connectivity index (χ0) is 17.3. The van der Waals surface area contributed by atoms with E-state index in [2.05, 4.69) is 36.3 Å². The minimum absolute atomic E-state index is 0.0494. The van der Waals surface area contributed by atoms with Gasteiger partial charge in [0.2, 0.25) is 0 Å². The van der Waals surface area contributed by atoms with Crippen LogP contribution in [0.3, 0.4) is 0 Å². The highest BCUT2D eigenvalue weighted by Gasteiger charge is 2.38. The van der Waals surface area contributed by atoms with E-state index in [1.165, 1.54) is 0 Å². The lowest BCUT2D eigenvalue weighted by atomic mass is 9.92. The fourth-order valence-corrected chi connectivity index (χ4v) is 2.32. The molecule has 1 unspecified atom stereocenters. The molecule has 1 aliphatic heterocycles. The Morgan fingerprint density at radius 3 is 2.39 bits per heavy atom. The fraction of sp³-hybridized carbons (Fsp3) is 0.733. The van der Waals surface area contributed by atoms with E-state index in [0.717, 1.165) is 24.6 Å². The highest BCUT2D eigenvalue weighted by molar-refractivity contribution is 5.41. The lowest BCUT2D eigenvalue weighted by Gasteiger charge is -2.40. The van der Waals surface area contributed by atoms with Gasteiger partial charge in [0.15, 0.2) is 11.9 Å². The maximum atomic E-state index is 12.2. The van der Waals surface area contributed by atoms with Gasteiger partial charge in [0.25, 0.3) is 0 Å². The minimum Gasteiger partial charge on any atom is -0.382 e. The van der Waals surface area contributed by atoms with Gasteiger partial charge in [-0.25, -0.2) is 0 Å². The number of anilines is 1. The maximum absolute atomic E-state index is 12.2. The second kappa shape index (κ2) is 6.60. The molecule has 1 aromatic heterocycles. The van der Waals surface area contributed by atoms with Gasteiger partial charge in [0.1, 0.15) is 0 Å². The minimum atomic E-state index is -4.57. The van der Waals surface area contributed by atoms with E-state index in [1.54, 1.807) is 0 Å². The van der Waals surface area contributed by atoms with E-state index in [1.807, 2.05) is 17.0 Å². The van der Waals surface area contributed by atoms with Crippen LogP contribution in [0.2, 0.25) is 0 Å². The van der Waals surface area contributed by atoms with Crippen molar-refractivity contribution in [1.29, 1.82) is 0 Å². The molecule has 130 valence electrons. The summed E-state index contributed by atoms with van der Waals surface area (Å²) in [5.74, 6) is 1.03. The number of rotatable bonds is 5.